The number of hydrogen-bond acceptors (Lipinski definition) is 1. The summed E-state index contributed by atoms with van der Waals surface area (Å²) in [5, 5.41) is 7.81. The third kappa shape index (κ3) is 6.29. The molecule has 0 bridgehead atoms. The van der Waals surface area contributed by atoms with E-state index < -0.39 is 0 Å². The molecule has 3 aliphatic carbocycles. The van der Waals surface area contributed by atoms with Crippen LogP contribution in [0.4, 0.5) is 17.1 Å². The van der Waals surface area contributed by atoms with E-state index in [4.69, 9.17) is 0 Å². The number of hydrogen-bond donors (Lipinski definition) is 0. The van der Waals surface area contributed by atoms with E-state index in [1.54, 1.807) is 0 Å². The van der Waals surface area contributed by atoms with Crippen LogP contribution in [0.2, 0.25) is 0 Å². The van der Waals surface area contributed by atoms with Gasteiger partial charge in [-0.05, 0) is 161 Å². The highest BCUT2D eigenvalue weighted by Gasteiger charge is 2.38. The van der Waals surface area contributed by atoms with Crippen LogP contribution < -0.4 is 15.3 Å². The maximum Gasteiger partial charge on any atom is 0.0468 e. The highest BCUT2D eigenvalue weighted by molar-refractivity contribution is 6.12. The Labute approximate surface area is 406 Å². The average molecular weight is 886 g/mol. The summed E-state index contributed by atoms with van der Waals surface area (Å²) in [4.78, 5) is 2.54. The van der Waals surface area contributed by atoms with Gasteiger partial charge >= 0.3 is 0 Å². The highest BCUT2D eigenvalue weighted by Crippen LogP contribution is 2.53. The normalized spacial score (nSPS) is 15.9. The monoisotopic (exact) mass is 885 g/mol. The third-order valence-electron chi connectivity index (χ3n) is 16.1. The molecule has 0 aromatic heterocycles. The number of rotatable bonds is 6. The Morgan fingerprint density at radius 2 is 0.841 bits per heavy atom. The van der Waals surface area contributed by atoms with Gasteiger partial charge in [0.15, 0.2) is 0 Å². The molecular weight excluding hydrogens is 831 g/mol. The zero-order valence-corrected chi connectivity index (χ0v) is 40.4. The van der Waals surface area contributed by atoms with Gasteiger partial charge in [-0.2, -0.15) is 0 Å². The molecule has 0 N–H and O–H groups in total. The lowest BCUT2D eigenvalue weighted by atomic mass is 9.73. The fourth-order valence-corrected chi connectivity index (χ4v) is 13.0. The standard InChI is InChI=1S/C68H55N/c1-42-35-43(2)37-46(36-42)58-41-57(44-19-9-7-10-20-44)65-55-26-14-13-23-50(55)59-38-47(31-34-56(59)66(65)64(58)45-21-11-8-12-22-45)69(48-29-32-53-51-24-15-17-27-60(51)67(3,4)62(53)39-48)49-30-33-54-52-25-16-18-28-61(52)68(5,6)63(54)40-49/h7-40,58H,41H2,1-6H3. The molecule has 1 nitrogen and oxygen atoms in total. The van der Waals surface area contributed by atoms with Gasteiger partial charge in [0.25, 0.3) is 0 Å². The van der Waals surface area contributed by atoms with Crippen molar-refractivity contribution in [2.24, 2.45) is 0 Å². The highest BCUT2D eigenvalue weighted by atomic mass is 15.1. The molecule has 1 atom stereocenters. The van der Waals surface area contributed by atoms with E-state index >= 15 is 0 Å². The Balaban J connectivity index is 1.13. The minimum atomic E-state index is -0.142. The second kappa shape index (κ2) is 15.4. The van der Waals surface area contributed by atoms with E-state index in [2.05, 4.69) is 253 Å². The van der Waals surface area contributed by atoms with Crippen molar-refractivity contribution in [2.75, 3.05) is 4.90 Å². The summed E-state index contributed by atoms with van der Waals surface area (Å²) in [7, 11) is 0. The van der Waals surface area contributed by atoms with Crippen LogP contribution in [0.5, 0.6) is 0 Å². The van der Waals surface area contributed by atoms with Crippen molar-refractivity contribution in [1.82, 2.24) is 0 Å². The molecule has 3 aliphatic rings. The topological polar surface area (TPSA) is 3.24 Å². The quantitative estimate of drug-likeness (QED) is 0.150. The molecule has 0 radical (unpaired) electrons. The van der Waals surface area contributed by atoms with Gasteiger partial charge in [0.1, 0.15) is 0 Å². The van der Waals surface area contributed by atoms with Crippen LogP contribution in [0.3, 0.4) is 0 Å². The lowest BCUT2D eigenvalue weighted by Gasteiger charge is -2.31. The van der Waals surface area contributed by atoms with Gasteiger partial charge in [0.05, 0.1) is 0 Å². The van der Waals surface area contributed by atoms with Crippen LogP contribution in [-0.2, 0) is 10.8 Å². The molecule has 332 valence electrons. The minimum absolute atomic E-state index is 0.142. The molecular formula is C68H55N. The first kappa shape index (κ1) is 41.4. The largest absolute Gasteiger partial charge is 0.310 e. The first-order chi connectivity index (χ1) is 33.6. The first-order valence-electron chi connectivity index (χ1n) is 24.8. The van der Waals surface area contributed by atoms with E-state index in [1.165, 1.54) is 115 Å². The number of aryl methyl sites for hydroxylation is 2. The molecule has 10 aromatic carbocycles. The lowest BCUT2D eigenvalue weighted by Crippen LogP contribution is -2.37. The Morgan fingerprint density at radius 1 is 0.377 bits per heavy atom. The Morgan fingerprint density at radius 3 is 1.43 bits per heavy atom. The SMILES string of the molecule is Cc1cc(C)cc(C2CC(c3ccccc3)=c3c(c4ccc(N(c5ccc6c(c5)C(C)(C)c5ccccc5-6)c5ccc6c(c5)C(C)(C)c5ccccc5-6)cc4c4ccccc34)=C2c2ccccc2)c1. The van der Waals surface area contributed by atoms with Crippen molar-refractivity contribution in [1.29, 1.82) is 0 Å². The third-order valence-corrected chi connectivity index (χ3v) is 16.1. The van der Waals surface area contributed by atoms with Crippen molar-refractivity contribution in [3.63, 3.8) is 0 Å². The summed E-state index contributed by atoms with van der Waals surface area (Å²) in [6.07, 6.45) is 0.905. The van der Waals surface area contributed by atoms with Crippen molar-refractivity contribution in [3.8, 4) is 22.3 Å². The van der Waals surface area contributed by atoms with Gasteiger partial charge in [-0.3, -0.25) is 0 Å². The first-order valence-corrected chi connectivity index (χ1v) is 24.8. The number of nitrogens with zero attached hydrogens (tertiary/aromatic N) is 1. The molecule has 10 aromatic rings. The second-order valence-corrected chi connectivity index (χ2v) is 21.0. The van der Waals surface area contributed by atoms with Crippen molar-refractivity contribution in [3.05, 3.63) is 267 Å². The van der Waals surface area contributed by atoms with Crippen LogP contribution in [-0.4, -0.2) is 0 Å². The summed E-state index contributed by atoms with van der Waals surface area (Å²) in [5.41, 5.74) is 23.4. The number of fused-ring (bicyclic) bond motifs is 12. The molecule has 0 aliphatic heterocycles. The predicted octanol–water partition coefficient (Wildman–Crippen LogP) is 16.3. The Hall–Kier alpha value is -7.74. The van der Waals surface area contributed by atoms with Gasteiger partial charge < -0.3 is 4.90 Å². The van der Waals surface area contributed by atoms with Gasteiger partial charge in [0.2, 0.25) is 0 Å². The maximum atomic E-state index is 2.54. The molecule has 69 heavy (non-hydrogen) atoms. The molecule has 1 heteroatoms. The fourth-order valence-electron chi connectivity index (χ4n) is 13.0. The zero-order chi connectivity index (χ0) is 46.8. The molecule has 0 saturated carbocycles. The molecule has 0 saturated heterocycles. The van der Waals surface area contributed by atoms with E-state index in [-0.39, 0.29) is 16.7 Å². The molecule has 0 amide bonds. The maximum absolute atomic E-state index is 2.54. The van der Waals surface area contributed by atoms with Crippen LogP contribution in [0, 0.1) is 13.8 Å². The Kier molecular flexibility index (Phi) is 9.24. The summed E-state index contributed by atoms with van der Waals surface area (Å²) in [5.74, 6) is 0.145. The summed E-state index contributed by atoms with van der Waals surface area (Å²) in [6, 6.07) is 78.5. The summed E-state index contributed by atoms with van der Waals surface area (Å²) in [6.45, 7) is 14.0. The van der Waals surface area contributed by atoms with Gasteiger partial charge in [-0.15, -0.1) is 0 Å². The van der Waals surface area contributed by atoms with Crippen molar-refractivity contribution >= 4 is 49.8 Å². The molecule has 0 fully saturated rings. The fraction of sp³-hybridized carbons (Fsp3) is 0.147. The molecule has 0 heterocycles. The number of benzene rings is 10. The molecule has 13 rings (SSSR count). The van der Waals surface area contributed by atoms with Gasteiger partial charge in [-0.25, -0.2) is 0 Å². The van der Waals surface area contributed by atoms with E-state index in [0.717, 1.165) is 23.5 Å². The second-order valence-electron chi connectivity index (χ2n) is 21.0. The predicted molar refractivity (Wildman–Crippen MR) is 292 cm³/mol. The summed E-state index contributed by atoms with van der Waals surface area (Å²) < 4.78 is 0. The van der Waals surface area contributed by atoms with E-state index in [1.807, 2.05) is 0 Å². The van der Waals surface area contributed by atoms with Gasteiger partial charge in [-0.1, -0.05) is 209 Å². The van der Waals surface area contributed by atoms with Crippen LogP contribution in [0.25, 0.3) is 54.9 Å². The van der Waals surface area contributed by atoms with Crippen molar-refractivity contribution in [2.45, 2.75) is 64.7 Å². The molecule has 1 unspecified atom stereocenters. The van der Waals surface area contributed by atoms with E-state index in [9.17, 15) is 0 Å². The number of anilines is 3. The smallest absolute Gasteiger partial charge is 0.0468 e. The van der Waals surface area contributed by atoms with Crippen LogP contribution in [0.15, 0.2) is 206 Å². The lowest BCUT2D eigenvalue weighted by molar-refractivity contribution is 0.660. The van der Waals surface area contributed by atoms with E-state index in [0.29, 0.717) is 0 Å². The zero-order valence-electron chi connectivity index (χ0n) is 40.4. The summed E-state index contributed by atoms with van der Waals surface area (Å²) >= 11 is 0. The van der Waals surface area contributed by atoms with Crippen molar-refractivity contribution < 1.29 is 0 Å². The minimum Gasteiger partial charge on any atom is -0.310 e. The molecule has 0 spiro atoms. The van der Waals surface area contributed by atoms with Crippen LogP contribution in [0.1, 0.15) is 90.1 Å². The average Bonchev–Trinajstić information content (AvgIpc) is 3.75. The van der Waals surface area contributed by atoms with Gasteiger partial charge in [0, 0.05) is 33.8 Å². The Bertz CT molecular complexity index is 3760. The van der Waals surface area contributed by atoms with Crippen LogP contribution >= 0.6 is 0 Å².